The summed E-state index contributed by atoms with van der Waals surface area (Å²) in [4.78, 5) is 24.3. The lowest BCUT2D eigenvalue weighted by Crippen LogP contribution is -2.50. The normalized spacial score (nSPS) is 15.1. The predicted octanol–water partition coefficient (Wildman–Crippen LogP) is 4.92. The molecule has 1 aliphatic heterocycles. The number of fused-ring (bicyclic) bond motifs is 1. The van der Waals surface area contributed by atoms with Crippen LogP contribution in [0.1, 0.15) is 10.4 Å². The smallest absolute Gasteiger partial charge is 0.254 e. The van der Waals surface area contributed by atoms with Crippen LogP contribution in [0.5, 0.6) is 0 Å². The van der Waals surface area contributed by atoms with Gasteiger partial charge in [0.15, 0.2) is 0 Å². The van der Waals surface area contributed by atoms with Gasteiger partial charge in [-0.2, -0.15) is 4.31 Å². The number of carbonyl (C=O) groups excluding carboxylic acids is 1. The maximum absolute atomic E-state index is 13.6. The molecule has 0 saturated carbocycles. The van der Waals surface area contributed by atoms with Gasteiger partial charge in [0.25, 0.3) is 15.9 Å². The number of hydrogen-bond donors (Lipinski definition) is 0. The second kappa shape index (κ2) is 9.35. The van der Waals surface area contributed by atoms with Gasteiger partial charge in [-0.15, -0.1) is 11.3 Å². The SMILES string of the molecule is O=C(c1cc(-c2ccccn2)nc2ccc(Cl)cc12)N1CCN(S(=O)(=O)c2ccc(Br)s2)CC1. The molecule has 4 aromatic rings. The van der Waals surface area contributed by atoms with Crippen LogP contribution in [0.25, 0.3) is 22.3 Å². The van der Waals surface area contributed by atoms with Crippen LogP contribution in [0.2, 0.25) is 5.02 Å². The first-order chi connectivity index (χ1) is 16.3. The van der Waals surface area contributed by atoms with Crippen LogP contribution >= 0.6 is 38.9 Å². The zero-order valence-electron chi connectivity index (χ0n) is 17.7. The molecule has 174 valence electrons. The van der Waals surface area contributed by atoms with Gasteiger partial charge < -0.3 is 4.90 Å². The van der Waals surface area contributed by atoms with Crippen molar-refractivity contribution in [3.8, 4) is 11.4 Å². The highest BCUT2D eigenvalue weighted by Crippen LogP contribution is 2.30. The van der Waals surface area contributed by atoms with Gasteiger partial charge in [-0.25, -0.2) is 13.4 Å². The van der Waals surface area contributed by atoms with Crippen LogP contribution in [-0.4, -0.2) is 59.7 Å². The number of rotatable bonds is 4. The topological polar surface area (TPSA) is 83.5 Å². The second-order valence-electron chi connectivity index (χ2n) is 7.69. The lowest BCUT2D eigenvalue weighted by atomic mass is 10.0. The van der Waals surface area contributed by atoms with Gasteiger partial charge in [0.2, 0.25) is 0 Å². The van der Waals surface area contributed by atoms with E-state index in [0.717, 1.165) is 3.79 Å². The van der Waals surface area contributed by atoms with Gasteiger partial charge in [0.1, 0.15) is 4.21 Å². The average Bonchev–Trinajstić information content (AvgIpc) is 3.31. The Kier molecular flexibility index (Phi) is 6.43. The average molecular weight is 578 g/mol. The lowest BCUT2D eigenvalue weighted by Gasteiger charge is -2.34. The predicted molar refractivity (Wildman–Crippen MR) is 137 cm³/mol. The van der Waals surface area contributed by atoms with Crippen molar-refractivity contribution in [1.82, 2.24) is 19.2 Å². The van der Waals surface area contributed by atoms with Crippen molar-refractivity contribution >= 4 is 65.7 Å². The molecule has 1 fully saturated rings. The number of halogens is 2. The molecule has 5 rings (SSSR count). The molecule has 11 heteroatoms. The largest absolute Gasteiger partial charge is 0.336 e. The summed E-state index contributed by atoms with van der Waals surface area (Å²) >= 11 is 10.7. The number of amides is 1. The van der Waals surface area contributed by atoms with E-state index in [2.05, 4.69) is 25.9 Å². The third-order valence-corrected chi connectivity index (χ3v) is 9.82. The molecule has 1 aliphatic rings. The maximum atomic E-state index is 13.6. The van der Waals surface area contributed by atoms with Crippen molar-refractivity contribution in [1.29, 1.82) is 0 Å². The molecule has 7 nitrogen and oxygen atoms in total. The van der Waals surface area contributed by atoms with Gasteiger partial charge in [-0.3, -0.25) is 9.78 Å². The molecule has 0 spiro atoms. The molecule has 1 aromatic carbocycles. The highest BCUT2D eigenvalue weighted by Gasteiger charge is 2.32. The molecule has 0 N–H and O–H groups in total. The fourth-order valence-corrected chi connectivity index (χ4v) is 7.64. The highest BCUT2D eigenvalue weighted by molar-refractivity contribution is 9.11. The standard InChI is InChI=1S/C23H18BrClN4O3S2/c24-21-6-7-22(33-21)34(31,32)29-11-9-28(10-12-29)23(30)17-14-20(19-3-1-2-8-26-19)27-18-5-4-15(25)13-16(17)18/h1-8,13-14H,9-12H2. The van der Waals surface area contributed by atoms with E-state index >= 15 is 0 Å². The van der Waals surface area contributed by atoms with E-state index in [4.69, 9.17) is 11.6 Å². The van der Waals surface area contributed by atoms with Crippen molar-refractivity contribution in [3.63, 3.8) is 0 Å². The number of hydrogen-bond acceptors (Lipinski definition) is 6. The van der Waals surface area contributed by atoms with E-state index in [0.29, 0.717) is 32.9 Å². The molecule has 0 aliphatic carbocycles. The minimum atomic E-state index is -3.59. The van der Waals surface area contributed by atoms with Gasteiger partial charge in [-0.1, -0.05) is 17.7 Å². The van der Waals surface area contributed by atoms with Crippen molar-refractivity contribution < 1.29 is 13.2 Å². The van der Waals surface area contributed by atoms with Gasteiger partial charge in [0.05, 0.1) is 26.3 Å². The van der Waals surface area contributed by atoms with Crippen LogP contribution in [-0.2, 0) is 10.0 Å². The van der Waals surface area contributed by atoms with E-state index in [-0.39, 0.29) is 36.3 Å². The second-order valence-corrected chi connectivity index (χ2v) is 12.8. The molecule has 4 heterocycles. The molecule has 0 radical (unpaired) electrons. The Hall–Kier alpha value is -2.37. The molecule has 0 unspecified atom stereocenters. The number of benzene rings is 1. The van der Waals surface area contributed by atoms with Crippen LogP contribution in [0.15, 0.2) is 68.8 Å². The maximum Gasteiger partial charge on any atom is 0.254 e. The fraction of sp³-hybridized carbons (Fsp3) is 0.174. The van der Waals surface area contributed by atoms with E-state index in [1.54, 1.807) is 47.5 Å². The minimum absolute atomic E-state index is 0.192. The first-order valence-electron chi connectivity index (χ1n) is 10.4. The lowest BCUT2D eigenvalue weighted by molar-refractivity contribution is 0.0700. The first-order valence-corrected chi connectivity index (χ1v) is 13.8. The summed E-state index contributed by atoms with van der Waals surface area (Å²) in [5, 5.41) is 1.16. The number of sulfonamides is 1. The summed E-state index contributed by atoms with van der Waals surface area (Å²) in [5.74, 6) is -0.192. The molecule has 3 aromatic heterocycles. The van der Waals surface area contributed by atoms with Crippen molar-refractivity contribution in [2.24, 2.45) is 0 Å². The van der Waals surface area contributed by atoms with E-state index in [1.807, 2.05) is 18.2 Å². The fourth-order valence-electron chi connectivity index (χ4n) is 3.89. The molecular weight excluding hydrogens is 560 g/mol. The first kappa shape index (κ1) is 23.4. The number of nitrogens with zero attached hydrogens (tertiary/aromatic N) is 4. The quantitative estimate of drug-likeness (QED) is 0.344. The Morgan fingerprint density at radius 2 is 1.79 bits per heavy atom. The monoisotopic (exact) mass is 576 g/mol. The van der Waals surface area contributed by atoms with Gasteiger partial charge >= 0.3 is 0 Å². The van der Waals surface area contributed by atoms with E-state index < -0.39 is 10.0 Å². The summed E-state index contributed by atoms with van der Waals surface area (Å²) in [6, 6.07) is 15.8. The van der Waals surface area contributed by atoms with Crippen molar-refractivity contribution in [2.75, 3.05) is 26.2 Å². The molecule has 1 saturated heterocycles. The Bertz CT molecular complexity index is 1490. The van der Waals surface area contributed by atoms with E-state index in [1.165, 1.54) is 15.6 Å². The Labute approximate surface area is 214 Å². The minimum Gasteiger partial charge on any atom is -0.336 e. The van der Waals surface area contributed by atoms with Gasteiger partial charge in [0, 0.05) is 42.8 Å². The molecule has 1 amide bonds. The number of thiophene rings is 1. The Balaban J connectivity index is 1.44. The zero-order chi connectivity index (χ0) is 23.9. The van der Waals surface area contributed by atoms with Crippen molar-refractivity contribution in [3.05, 3.63) is 75.2 Å². The molecule has 0 bridgehead atoms. The van der Waals surface area contributed by atoms with Crippen molar-refractivity contribution in [2.45, 2.75) is 4.21 Å². The van der Waals surface area contributed by atoms with Crippen LogP contribution < -0.4 is 0 Å². The van der Waals surface area contributed by atoms with Crippen LogP contribution in [0.3, 0.4) is 0 Å². The number of piperazine rings is 1. The van der Waals surface area contributed by atoms with Gasteiger partial charge in [-0.05, 0) is 64.5 Å². The Morgan fingerprint density at radius 1 is 1.00 bits per heavy atom. The molecule has 34 heavy (non-hydrogen) atoms. The highest BCUT2D eigenvalue weighted by atomic mass is 79.9. The third-order valence-electron chi connectivity index (χ3n) is 5.60. The van der Waals surface area contributed by atoms with Crippen LogP contribution in [0, 0.1) is 0 Å². The number of aromatic nitrogens is 2. The zero-order valence-corrected chi connectivity index (χ0v) is 21.7. The third kappa shape index (κ3) is 4.48. The van der Waals surface area contributed by atoms with Crippen LogP contribution in [0.4, 0.5) is 0 Å². The summed E-state index contributed by atoms with van der Waals surface area (Å²) in [6.07, 6.45) is 1.68. The molecule has 0 atom stereocenters. The number of pyridine rings is 2. The van der Waals surface area contributed by atoms with E-state index in [9.17, 15) is 13.2 Å². The summed E-state index contributed by atoms with van der Waals surface area (Å²) in [7, 11) is -3.59. The Morgan fingerprint density at radius 3 is 2.47 bits per heavy atom. The summed E-state index contributed by atoms with van der Waals surface area (Å²) < 4.78 is 28.4. The summed E-state index contributed by atoms with van der Waals surface area (Å²) in [5.41, 5.74) is 2.35. The molecular formula is C23H18BrClN4O3S2. The number of carbonyl (C=O) groups is 1. The summed E-state index contributed by atoms with van der Waals surface area (Å²) in [6.45, 7) is 1.02.